The topological polar surface area (TPSA) is 54.9 Å². The van der Waals surface area contributed by atoms with Crippen molar-refractivity contribution >= 4 is 44.4 Å². The van der Waals surface area contributed by atoms with Crippen LogP contribution in [0.5, 0.6) is 11.5 Å². The van der Waals surface area contributed by atoms with Gasteiger partial charge in [0.1, 0.15) is 11.5 Å². The van der Waals surface area contributed by atoms with Gasteiger partial charge < -0.3 is 14.4 Å². The number of methoxy groups -OCH3 is 2. The number of carbonyl (C=O) groups excluding carboxylic acids is 1. The number of likely N-dealkylation sites (N-methyl/N-ethyl adjacent to an activating group) is 1. The number of hydrogen-bond donors (Lipinski definition) is 0. The minimum absolute atomic E-state index is 0.0405. The maximum atomic E-state index is 13.1. The monoisotopic (exact) mass is 431 g/mol. The average Bonchev–Trinajstić information content (AvgIpc) is 3.15. The van der Waals surface area contributed by atoms with Gasteiger partial charge in [-0.15, -0.1) is 11.8 Å². The molecule has 0 aliphatic rings. The first-order valence-electron chi connectivity index (χ1n) is 9.16. The van der Waals surface area contributed by atoms with Crippen molar-refractivity contribution in [2.24, 2.45) is 0 Å². The second-order valence-electron chi connectivity index (χ2n) is 6.64. The van der Waals surface area contributed by atoms with E-state index in [1.165, 1.54) is 23.1 Å². The number of ether oxygens (including phenoxy) is 2. The van der Waals surface area contributed by atoms with Crippen LogP contribution >= 0.6 is 23.1 Å². The molecule has 0 aliphatic heterocycles. The number of carbonyl (C=O) groups is 1. The fourth-order valence-corrected chi connectivity index (χ4v) is 4.47. The number of hydrogen-bond acceptors (Lipinski definition) is 7. The van der Waals surface area contributed by atoms with Crippen LogP contribution in [0.15, 0.2) is 47.4 Å². The van der Waals surface area contributed by atoms with Gasteiger partial charge in [-0.05, 0) is 56.6 Å². The second kappa shape index (κ2) is 9.96. The van der Waals surface area contributed by atoms with Crippen LogP contribution in [0.3, 0.4) is 0 Å². The molecular weight excluding hydrogens is 406 g/mol. The van der Waals surface area contributed by atoms with E-state index >= 15 is 0 Å². The van der Waals surface area contributed by atoms with E-state index in [2.05, 4.69) is 9.88 Å². The molecule has 0 N–H and O–H groups in total. The summed E-state index contributed by atoms with van der Waals surface area (Å²) >= 11 is 3.03. The predicted molar refractivity (Wildman–Crippen MR) is 121 cm³/mol. The molecular formula is C21H25N3O3S2. The first kappa shape index (κ1) is 21.4. The fourth-order valence-electron chi connectivity index (χ4n) is 2.66. The molecule has 6 nitrogen and oxygen atoms in total. The molecule has 0 spiro atoms. The zero-order valence-corrected chi connectivity index (χ0v) is 18.7. The molecule has 0 radical (unpaired) electrons. The lowest BCUT2D eigenvalue weighted by atomic mass is 10.3. The molecule has 0 atom stereocenters. The van der Waals surface area contributed by atoms with Crippen molar-refractivity contribution in [1.29, 1.82) is 0 Å². The Hall–Kier alpha value is -2.29. The average molecular weight is 432 g/mol. The zero-order chi connectivity index (χ0) is 20.8. The molecule has 29 heavy (non-hydrogen) atoms. The first-order chi connectivity index (χ1) is 14.0. The van der Waals surface area contributed by atoms with Crippen LogP contribution in [-0.2, 0) is 4.79 Å². The highest BCUT2D eigenvalue weighted by Gasteiger charge is 2.20. The molecule has 3 aromatic rings. The van der Waals surface area contributed by atoms with Gasteiger partial charge in [0.15, 0.2) is 5.13 Å². The van der Waals surface area contributed by atoms with Crippen molar-refractivity contribution in [3.63, 3.8) is 0 Å². The highest BCUT2D eigenvalue weighted by molar-refractivity contribution is 8.00. The van der Waals surface area contributed by atoms with Crippen LogP contribution in [0, 0.1) is 0 Å². The lowest BCUT2D eigenvalue weighted by molar-refractivity contribution is -0.116. The summed E-state index contributed by atoms with van der Waals surface area (Å²) in [5.41, 5.74) is 0.872. The van der Waals surface area contributed by atoms with Gasteiger partial charge in [-0.1, -0.05) is 11.3 Å². The molecule has 1 heterocycles. The number of fused-ring (bicyclic) bond motifs is 1. The first-order valence-corrected chi connectivity index (χ1v) is 11.0. The van der Waals surface area contributed by atoms with Crippen LogP contribution in [0.2, 0.25) is 0 Å². The zero-order valence-electron chi connectivity index (χ0n) is 17.0. The van der Waals surface area contributed by atoms with Crippen LogP contribution in [-0.4, -0.2) is 62.9 Å². The summed E-state index contributed by atoms with van der Waals surface area (Å²) in [7, 11) is 7.28. The van der Waals surface area contributed by atoms with E-state index in [-0.39, 0.29) is 5.91 Å². The number of anilines is 1. The molecule has 8 heteroatoms. The third kappa shape index (κ3) is 5.62. The Morgan fingerprint density at radius 3 is 2.38 bits per heavy atom. The maximum Gasteiger partial charge on any atom is 0.239 e. The number of nitrogens with zero attached hydrogens (tertiary/aromatic N) is 3. The van der Waals surface area contributed by atoms with Gasteiger partial charge in [0, 0.05) is 18.0 Å². The summed E-state index contributed by atoms with van der Waals surface area (Å²) in [5.74, 6) is 1.98. The highest BCUT2D eigenvalue weighted by atomic mass is 32.2. The number of benzene rings is 2. The molecule has 0 fully saturated rings. The van der Waals surface area contributed by atoms with E-state index in [1.54, 1.807) is 19.1 Å². The van der Waals surface area contributed by atoms with Crippen LogP contribution in [0.4, 0.5) is 5.13 Å². The van der Waals surface area contributed by atoms with Crippen molar-refractivity contribution in [3.8, 4) is 11.5 Å². The molecule has 2 aromatic carbocycles. The van der Waals surface area contributed by atoms with Gasteiger partial charge in [-0.3, -0.25) is 9.69 Å². The van der Waals surface area contributed by atoms with Gasteiger partial charge in [0.25, 0.3) is 0 Å². The smallest absolute Gasteiger partial charge is 0.239 e. The summed E-state index contributed by atoms with van der Waals surface area (Å²) in [4.78, 5) is 22.6. The van der Waals surface area contributed by atoms with E-state index < -0.39 is 0 Å². The van der Waals surface area contributed by atoms with E-state index in [0.29, 0.717) is 12.3 Å². The van der Waals surface area contributed by atoms with Crippen molar-refractivity contribution in [2.45, 2.75) is 4.90 Å². The summed E-state index contributed by atoms with van der Waals surface area (Å²) < 4.78 is 11.5. The Kier molecular flexibility index (Phi) is 7.35. The maximum absolute atomic E-state index is 13.1. The summed E-state index contributed by atoms with van der Waals surface area (Å²) in [6, 6.07) is 13.5. The van der Waals surface area contributed by atoms with Crippen LogP contribution < -0.4 is 14.4 Å². The fraction of sp³-hybridized carbons (Fsp3) is 0.333. The normalized spacial score (nSPS) is 11.1. The molecule has 1 amide bonds. The quantitative estimate of drug-likeness (QED) is 0.478. The van der Waals surface area contributed by atoms with E-state index in [9.17, 15) is 4.79 Å². The molecule has 0 saturated heterocycles. The van der Waals surface area contributed by atoms with Gasteiger partial charge >= 0.3 is 0 Å². The third-order valence-electron chi connectivity index (χ3n) is 4.31. The van der Waals surface area contributed by atoms with Crippen molar-refractivity contribution < 1.29 is 14.3 Å². The largest absolute Gasteiger partial charge is 0.497 e. The molecule has 154 valence electrons. The van der Waals surface area contributed by atoms with Gasteiger partial charge in [-0.2, -0.15) is 0 Å². The molecule has 0 bridgehead atoms. The van der Waals surface area contributed by atoms with Crippen molar-refractivity contribution in [2.75, 3.05) is 52.1 Å². The number of thioether (sulfide) groups is 1. The third-order valence-corrected chi connectivity index (χ3v) is 6.35. The molecule has 3 rings (SSSR count). The van der Waals surface area contributed by atoms with Crippen LogP contribution in [0.25, 0.3) is 10.2 Å². The van der Waals surface area contributed by atoms with Gasteiger partial charge in [0.2, 0.25) is 5.91 Å². The van der Waals surface area contributed by atoms with E-state index in [4.69, 9.17) is 9.47 Å². The Morgan fingerprint density at radius 2 is 1.72 bits per heavy atom. The summed E-state index contributed by atoms with van der Waals surface area (Å²) in [5, 5.41) is 0.718. The van der Waals surface area contributed by atoms with E-state index in [0.717, 1.165) is 38.3 Å². The van der Waals surface area contributed by atoms with Crippen LogP contribution in [0.1, 0.15) is 0 Å². The molecule has 0 saturated carbocycles. The molecule has 1 aromatic heterocycles. The van der Waals surface area contributed by atoms with Gasteiger partial charge in [0.05, 0.1) is 30.2 Å². The SMILES string of the molecule is COc1ccc(SCC(=O)N(CCN(C)C)c2nc3ccc(OC)cc3s2)cc1. The Balaban J connectivity index is 1.77. The Bertz CT molecular complexity index is 957. The van der Waals surface area contributed by atoms with Crippen molar-refractivity contribution in [1.82, 2.24) is 9.88 Å². The van der Waals surface area contributed by atoms with Crippen molar-refractivity contribution in [3.05, 3.63) is 42.5 Å². The highest BCUT2D eigenvalue weighted by Crippen LogP contribution is 2.32. The standard InChI is InChI=1S/C21H25N3O3S2/c1-23(2)11-12-24(20(25)14-28-17-8-5-15(26-3)6-9-17)21-22-18-10-7-16(27-4)13-19(18)29-21/h5-10,13H,11-12,14H2,1-4H3. The van der Waals surface area contributed by atoms with E-state index in [1.807, 2.05) is 56.6 Å². The predicted octanol–water partition coefficient (Wildman–Crippen LogP) is 4.00. The lowest BCUT2D eigenvalue weighted by Gasteiger charge is -2.21. The molecule has 0 aliphatic carbocycles. The molecule has 0 unspecified atom stereocenters. The minimum Gasteiger partial charge on any atom is -0.497 e. The second-order valence-corrected chi connectivity index (χ2v) is 8.70. The summed E-state index contributed by atoms with van der Waals surface area (Å²) in [6.07, 6.45) is 0. The summed E-state index contributed by atoms with van der Waals surface area (Å²) in [6.45, 7) is 1.35. The number of thiazole rings is 1. The Morgan fingerprint density at radius 1 is 1.03 bits per heavy atom. The minimum atomic E-state index is 0.0405. The van der Waals surface area contributed by atoms with Gasteiger partial charge in [-0.25, -0.2) is 4.98 Å². The number of aromatic nitrogens is 1. The number of amides is 1. The Labute approximate surface area is 179 Å². The lowest BCUT2D eigenvalue weighted by Crippen LogP contribution is -2.37. The number of rotatable bonds is 9.